The fraction of sp³-hybridized carbons (Fsp3) is 0.643. The fourth-order valence-electron chi connectivity index (χ4n) is 2.55. The quantitative estimate of drug-likeness (QED) is 0.678. The Kier molecular flexibility index (Phi) is 5.13. The highest BCUT2D eigenvalue weighted by molar-refractivity contribution is 5.25. The van der Waals surface area contributed by atoms with Crippen LogP contribution in [-0.4, -0.2) is 42.6 Å². The van der Waals surface area contributed by atoms with Crippen molar-refractivity contribution in [2.45, 2.75) is 31.9 Å². The van der Waals surface area contributed by atoms with Crippen molar-refractivity contribution in [3.8, 4) is 0 Å². The lowest BCUT2D eigenvalue weighted by Crippen LogP contribution is -2.36. The van der Waals surface area contributed by atoms with E-state index in [1.165, 1.54) is 5.56 Å². The third-order valence-electron chi connectivity index (χ3n) is 3.51. The topological polar surface area (TPSA) is 63.5 Å². The minimum absolute atomic E-state index is 0.0170. The Morgan fingerprint density at radius 3 is 3.11 bits per heavy atom. The van der Waals surface area contributed by atoms with Crippen LogP contribution in [0.5, 0.6) is 0 Å². The van der Waals surface area contributed by atoms with E-state index in [4.69, 9.17) is 4.74 Å². The number of hydrogen-bond acceptors (Lipinski definition) is 4. The summed E-state index contributed by atoms with van der Waals surface area (Å²) in [6, 6.07) is 3.53. The van der Waals surface area contributed by atoms with Gasteiger partial charge < -0.3 is 19.7 Å². The molecule has 0 saturated carbocycles. The molecule has 1 aromatic heterocycles. The maximum atomic E-state index is 11.9. The predicted octanol–water partition coefficient (Wildman–Crippen LogP) is -0.0661. The highest BCUT2D eigenvalue weighted by Gasteiger charge is 2.17. The SMILES string of the molecule is COCCNCC(O)Cn1c2c(ccc1=O)CCC2. The van der Waals surface area contributed by atoms with Gasteiger partial charge in [0.2, 0.25) is 0 Å². The van der Waals surface area contributed by atoms with Crippen molar-refractivity contribution in [3.63, 3.8) is 0 Å². The smallest absolute Gasteiger partial charge is 0.250 e. The van der Waals surface area contributed by atoms with Crippen LogP contribution in [-0.2, 0) is 24.1 Å². The van der Waals surface area contributed by atoms with Gasteiger partial charge in [-0.25, -0.2) is 0 Å². The average molecular weight is 266 g/mol. The standard InChI is InChI=1S/C14H22N2O3/c1-19-8-7-15-9-12(17)10-16-13-4-2-3-11(13)5-6-14(16)18/h5-6,12,15,17H,2-4,7-10H2,1H3. The van der Waals surface area contributed by atoms with Crippen molar-refractivity contribution in [2.75, 3.05) is 26.8 Å². The molecule has 1 atom stereocenters. The number of ether oxygens (including phenoxy) is 1. The highest BCUT2D eigenvalue weighted by atomic mass is 16.5. The van der Waals surface area contributed by atoms with E-state index in [0.29, 0.717) is 26.2 Å². The Morgan fingerprint density at radius 1 is 1.47 bits per heavy atom. The van der Waals surface area contributed by atoms with E-state index in [-0.39, 0.29) is 5.56 Å². The Hall–Kier alpha value is -1.17. The van der Waals surface area contributed by atoms with Crippen molar-refractivity contribution in [2.24, 2.45) is 0 Å². The molecule has 1 aliphatic carbocycles. The van der Waals surface area contributed by atoms with Gasteiger partial charge in [0.1, 0.15) is 0 Å². The molecule has 1 aliphatic rings. The van der Waals surface area contributed by atoms with Crippen LogP contribution < -0.4 is 10.9 Å². The molecule has 0 bridgehead atoms. The van der Waals surface area contributed by atoms with Crippen LogP contribution >= 0.6 is 0 Å². The first-order valence-corrected chi connectivity index (χ1v) is 6.81. The number of aryl methyl sites for hydroxylation is 1. The number of fused-ring (bicyclic) bond motifs is 1. The Morgan fingerprint density at radius 2 is 2.32 bits per heavy atom. The minimum atomic E-state index is -0.554. The van der Waals surface area contributed by atoms with Crippen molar-refractivity contribution in [3.05, 3.63) is 33.7 Å². The van der Waals surface area contributed by atoms with Gasteiger partial charge in [-0.1, -0.05) is 6.07 Å². The highest BCUT2D eigenvalue weighted by Crippen LogP contribution is 2.19. The fourth-order valence-corrected chi connectivity index (χ4v) is 2.55. The summed E-state index contributed by atoms with van der Waals surface area (Å²) < 4.78 is 6.65. The van der Waals surface area contributed by atoms with Gasteiger partial charge in [0.05, 0.1) is 19.3 Å². The van der Waals surface area contributed by atoms with Crippen molar-refractivity contribution in [1.82, 2.24) is 9.88 Å². The Balaban J connectivity index is 1.95. The van der Waals surface area contributed by atoms with Gasteiger partial charge in [-0.15, -0.1) is 0 Å². The van der Waals surface area contributed by atoms with Crippen molar-refractivity contribution < 1.29 is 9.84 Å². The van der Waals surface area contributed by atoms with E-state index in [0.717, 1.165) is 25.0 Å². The number of aromatic nitrogens is 1. The van der Waals surface area contributed by atoms with Crippen molar-refractivity contribution >= 4 is 0 Å². The second-order valence-corrected chi connectivity index (χ2v) is 4.96. The van der Waals surface area contributed by atoms with E-state index < -0.39 is 6.10 Å². The third kappa shape index (κ3) is 3.65. The molecule has 0 spiro atoms. The van der Waals surface area contributed by atoms with Crippen molar-refractivity contribution in [1.29, 1.82) is 0 Å². The molecule has 0 saturated heterocycles. The van der Waals surface area contributed by atoms with E-state index in [1.54, 1.807) is 17.7 Å². The summed E-state index contributed by atoms with van der Waals surface area (Å²) in [7, 11) is 1.64. The molecule has 1 unspecified atom stereocenters. The molecule has 0 radical (unpaired) electrons. The van der Waals surface area contributed by atoms with Gasteiger partial charge in [0.25, 0.3) is 5.56 Å². The number of nitrogens with zero attached hydrogens (tertiary/aromatic N) is 1. The van der Waals surface area contributed by atoms with Crippen LogP contribution in [0.1, 0.15) is 17.7 Å². The first-order chi connectivity index (χ1) is 9.22. The lowest BCUT2D eigenvalue weighted by molar-refractivity contribution is 0.142. The summed E-state index contributed by atoms with van der Waals surface area (Å²) in [5.74, 6) is 0. The molecule has 19 heavy (non-hydrogen) atoms. The van der Waals surface area contributed by atoms with Gasteiger partial charge in [0.15, 0.2) is 0 Å². The van der Waals surface area contributed by atoms with E-state index in [1.807, 2.05) is 6.07 Å². The van der Waals surface area contributed by atoms with Gasteiger partial charge in [0, 0.05) is 32.0 Å². The number of rotatable bonds is 7. The zero-order chi connectivity index (χ0) is 13.7. The Labute approximate surface area is 113 Å². The number of hydrogen-bond donors (Lipinski definition) is 2. The summed E-state index contributed by atoms with van der Waals surface area (Å²) in [6.07, 6.45) is 2.52. The molecule has 2 N–H and O–H groups in total. The zero-order valence-corrected chi connectivity index (χ0v) is 11.4. The number of methoxy groups -OCH3 is 1. The molecule has 5 nitrogen and oxygen atoms in total. The first-order valence-electron chi connectivity index (χ1n) is 6.81. The van der Waals surface area contributed by atoms with Crippen LogP contribution in [0, 0.1) is 0 Å². The Bertz CT molecular complexity index is 470. The summed E-state index contributed by atoms with van der Waals surface area (Å²) in [6.45, 7) is 2.16. The second-order valence-electron chi connectivity index (χ2n) is 4.96. The average Bonchev–Trinajstić information content (AvgIpc) is 2.87. The molecule has 106 valence electrons. The van der Waals surface area contributed by atoms with Crippen LogP contribution in [0.2, 0.25) is 0 Å². The summed E-state index contributed by atoms with van der Waals surface area (Å²) in [4.78, 5) is 11.9. The molecular formula is C14H22N2O3. The first kappa shape index (κ1) is 14.2. The van der Waals surface area contributed by atoms with Gasteiger partial charge in [-0.05, 0) is 24.8 Å². The number of aliphatic hydroxyl groups excluding tert-OH is 1. The van der Waals surface area contributed by atoms with Crippen LogP contribution in [0.25, 0.3) is 0 Å². The molecule has 5 heteroatoms. The minimum Gasteiger partial charge on any atom is -0.390 e. The molecular weight excluding hydrogens is 244 g/mol. The summed E-state index contributed by atoms with van der Waals surface area (Å²) in [5.41, 5.74) is 2.33. The van der Waals surface area contributed by atoms with E-state index in [2.05, 4.69) is 5.32 Å². The molecule has 1 heterocycles. The monoisotopic (exact) mass is 266 g/mol. The molecule has 0 amide bonds. The van der Waals surface area contributed by atoms with Crippen LogP contribution in [0.15, 0.2) is 16.9 Å². The predicted molar refractivity (Wildman–Crippen MR) is 73.5 cm³/mol. The van der Waals surface area contributed by atoms with E-state index >= 15 is 0 Å². The summed E-state index contributed by atoms with van der Waals surface area (Å²) in [5, 5.41) is 13.1. The number of aliphatic hydroxyl groups is 1. The number of pyridine rings is 1. The lowest BCUT2D eigenvalue weighted by Gasteiger charge is -2.16. The molecule has 0 aliphatic heterocycles. The van der Waals surface area contributed by atoms with E-state index in [9.17, 15) is 9.90 Å². The van der Waals surface area contributed by atoms with Gasteiger partial charge in [-0.2, -0.15) is 0 Å². The zero-order valence-electron chi connectivity index (χ0n) is 11.4. The maximum absolute atomic E-state index is 11.9. The molecule has 1 aromatic rings. The molecule has 0 fully saturated rings. The number of nitrogens with one attached hydrogen (secondary N) is 1. The van der Waals surface area contributed by atoms with Crippen LogP contribution in [0.4, 0.5) is 0 Å². The van der Waals surface area contributed by atoms with Gasteiger partial charge >= 0.3 is 0 Å². The molecule has 2 rings (SSSR count). The second kappa shape index (κ2) is 6.84. The molecule has 0 aromatic carbocycles. The normalized spacial score (nSPS) is 15.5. The maximum Gasteiger partial charge on any atom is 0.250 e. The van der Waals surface area contributed by atoms with Gasteiger partial charge in [-0.3, -0.25) is 4.79 Å². The third-order valence-corrected chi connectivity index (χ3v) is 3.51. The largest absolute Gasteiger partial charge is 0.390 e. The van der Waals surface area contributed by atoms with Crippen LogP contribution in [0.3, 0.4) is 0 Å². The summed E-state index contributed by atoms with van der Waals surface area (Å²) >= 11 is 0. The lowest BCUT2D eigenvalue weighted by atomic mass is 10.2.